The third-order valence-electron chi connectivity index (χ3n) is 5.90. The molecule has 0 atom stereocenters. The van der Waals surface area contributed by atoms with Crippen molar-refractivity contribution in [1.29, 1.82) is 0 Å². The predicted molar refractivity (Wildman–Crippen MR) is 125 cm³/mol. The molecule has 4 heterocycles. The number of rotatable bonds is 4. The maximum absolute atomic E-state index is 11.0. The van der Waals surface area contributed by atoms with Gasteiger partial charge < -0.3 is 29.6 Å². The van der Waals surface area contributed by atoms with Gasteiger partial charge in [0, 0.05) is 28.9 Å². The first-order chi connectivity index (χ1) is 16.1. The fourth-order valence-corrected chi connectivity index (χ4v) is 4.34. The fraction of sp³-hybridized carbons (Fsp3) is 0.120. The number of aromatic nitrogens is 3. The molecule has 164 valence electrons. The summed E-state index contributed by atoms with van der Waals surface area (Å²) < 4.78 is 18.0. The van der Waals surface area contributed by atoms with Gasteiger partial charge in [-0.1, -0.05) is 24.3 Å². The van der Waals surface area contributed by atoms with Crippen molar-refractivity contribution in [1.82, 2.24) is 14.5 Å². The third-order valence-corrected chi connectivity index (χ3v) is 5.90. The predicted octanol–water partition coefficient (Wildman–Crippen LogP) is 4.32. The van der Waals surface area contributed by atoms with Crippen LogP contribution in [0.25, 0.3) is 32.9 Å². The first kappa shape index (κ1) is 19.2. The Morgan fingerprint density at radius 3 is 2.82 bits per heavy atom. The Morgan fingerprint density at radius 2 is 1.94 bits per heavy atom. The Hall–Kier alpha value is -4.46. The molecule has 2 aromatic carbocycles. The molecule has 0 bridgehead atoms. The van der Waals surface area contributed by atoms with Crippen LogP contribution in [0, 0.1) is 0 Å². The second-order valence-corrected chi connectivity index (χ2v) is 7.82. The standard InChI is InChI=1S/C25H20N4O4/c1-31-24-16(6-3-9-27-24)15-4-2-5-17-22(26)21-18(28-23(15)17)12-29(25(21)30)11-14-7-8-19-20(10-14)33-13-32-19/h2-10,12,30H,11,13,26H2,1H3. The summed E-state index contributed by atoms with van der Waals surface area (Å²) in [6.45, 7) is 0.645. The molecule has 0 spiro atoms. The van der Waals surface area contributed by atoms with Crippen molar-refractivity contribution in [3.63, 3.8) is 0 Å². The van der Waals surface area contributed by atoms with E-state index in [1.54, 1.807) is 17.9 Å². The lowest BCUT2D eigenvalue weighted by molar-refractivity contribution is 0.174. The maximum atomic E-state index is 11.0. The first-order valence-corrected chi connectivity index (χ1v) is 10.4. The van der Waals surface area contributed by atoms with E-state index in [4.69, 9.17) is 24.9 Å². The summed E-state index contributed by atoms with van der Waals surface area (Å²) in [4.78, 5) is 9.19. The van der Waals surface area contributed by atoms with Gasteiger partial charge in [-0.2, -0.15) is 0 Å². The van der Waals surface area contributed by atoms with Crippen molar-refractivity contribution in [2.75, 3.05) is 19.6 Å². The highest BCUT2D eigenvalue weighted by atomic mass is 16.7. The lowest BCUT2D eigenvalue weighted by Gasteiger charge is -2.11. The second-order valence-electron chi connectivity index (χ2n) is 7.82. The van der Waals surface area contributed by atoms with Gasteiger partial charge in [-0.15, -0.1) is 0 Å². The molecular formula is C25H20N4O4. The lowest BCUT2D eigenvalue weighted by atomic mass is 10.0. The monoisotopic (exact) mass is 440 g/mol. The van der Waals surface area contributed by atoms with Gasteiger partial charge in [0.25, 0.3) is 0 Å². The molecule has 0 amide bonds. The van der Waals surface area contributed by atoms with E-state index in [9.17, 15) is 5.11 Å². The van der Waals surface area contributed by atoms with Crippen molar-refractivity contribution < 1.29 is 19.3 Å². The van der Waals surface area contributed by atoms with Crippen LogP contribution in [-0.2, 0) is 6.54 Å². The molecule has 8 nitrogen and oxygen atoms in total. The summed E-state index contributed by atoms with van der Waals surface area (Å²) in [7, 11) is 1.59. The minimum Gasteiger partial charge on any atom is -0.494 e. The average molecular weight is 440 g/mol. The van der Waals surface area contributed by atoms with Gasteiger partial charge in [-0.3, -0.25) is 0 Å². The number of fused-ring (bicyclic) bond motifs is 3. The highest BCUT2D eigenvalue weighted by Crippen LogP contribution is 2.41. The van der Waals surface area contributed by atoms with Crippen molar-refractivity contribution in [2.45, 2.75) is 6.54 Å². The largest absolute Gasteiger partial charge is 0.494 e. The Balaban J connectivity index is 1.51. The van der Waals surface area contributed by atoms with Gasteiger partial charge in [0.2, 0.25) is 18.6 Å². The normalized spacial score (nSPS) is 12.5. The summed E-state index contributed by atoms with van der Waals surface area (Å²) in [5.41, 5.74) is 11.0. The topological polar surface area (TPSA) is 105 Å². The number of hydrogen-bond acceptors (Lipinski definition) is 7. The number of methoxy groups -OCH3 is 1. The number of nitrogens with two attached hydrogens (primary N) is 1. The summed E-state index contributed by atoms with van der Waals surface area (Å²) in [5.74, 6) is 1.99. The number of nitrogens with zero attached hydrogens (tertiary/aromatic N) is 3. The summed E-state index contributed by atoms with van der Waals surface area (Å²) >= 11 is 0. The number of nitrogen functional groups attached to an aromatic ring is 1. The van der Waals surface area contributed by atoms with Crippen LogP contribution >= 0.6 is 0 Å². The third kappa shape index (κ3) is 2.99. The Kier molecular flexibility index (Phi) is 4.26. The summed E-state index contributed by atoms with van der Waals surface area (Å²) in [6, 6.07) is 15.3. The molecule has 0 radical (unpaired) electrons. The van der Waals surface area contributed by atoms with E-state index in [1.807, 2.05) is 54.7 Å². The number of benzene rings is 2. The molecule has 3 N–H and O–H groups in total. The van der Waals surface area contributed by atoms with Crippen LogP contribution in [0.1, 0.15) is 5.56 Å². The van der Waals surface area contributed by atoms with Gasteiger partial charge in [0.15, 0.2) is 11.5 Å². The van der Waals surface area contributed by atoms with Gasteiger partial charge in [-0.05, 0) is 29.8 Å². The van der Waals surface area contributed by atoms with Crippen LogP contribution in [0.4, 0.5) is 5.69 Å². The molecule has 5 aromatic rings. The molecular weight excluding hydrogens is 420 g/mol. The Morgan fingerprint density at radius 1 is 1.09 bits per heavy atom. The smallest absolute Gasteiger partial charge is 0.231 e. The van der Waals surface area contributed by atoms with Crippen LogP contribution in [0.2, 0.25) is 0 Å². The summed E-state index contributed by atoms with van der Waals surface area (Å²) in [5, 5.41) is 12.3. The molecule has 3 aromatic heterocycles. The zero-order valence-corrected chi connectivity index (χ0v) is 17.8. The van der Waals surface area contributed by atoms with E-state index < -0.39 is 0 Å². The van der Waals surface area contributed by atoms with Crippen LogP contribution in [-0.4, -0.2) is 33.5 Å². The number of aromatic hydroxyl groups is 1. The van der Waals surface area contributed by atoms with Crippen LogP contribution in [0.3, 0.4) is 0 Å². The van der Waals surface area contributed by atoms with Crippen molar-refractivity contribution >= 4 is 27.5 Å². The highest BCUT2D eigenvalue weighted by molar-refractivity contribution is 6.12. The SMILES string of the molecule is COc1ncccc1-c1cccc2c(N)c3c(O)n(Cc4ccc5c(c4)OCO5)cc3nc12. The van der Waals surface area contributed by atoms with Gasteiger partial charge in [0.05, 0.1) is 35.8 Å². The number of para-hydroxylation sites is 1. The Bertz CT molecular complexity index is 1540. The molecule has 0 fully saturated rings. The lowest BCUT2D eigenvalue weighted by Crippen LogP contribution is -1.97. The van der Waals surface area contributed by atoms with Crippen LogP contribution in [0.5, 0.6) is 23.3 Å². The average Bonchev–Trinajstić information content (AvgIpc) is 3.43. The molecule has 0 aliphatic carbocycles. The number of hydrogen-bond donors (Lipinski definition) is 2. The quantitative estimate of drug-likeness (QED) is 0.429. The highest BCUT2D eigenvalue weighted by Gasteiger charge is 2.20. The molecule has 0 saturated heterocycles. The minimum absolute atomic E-state index is 0.0685. The Labute approximate surface area is 188 Å². The fourth-order valence-electron chi connectivity index (χ4n) is 4.34. The minimum atomic E-state index is 0.0685. The maximum Gasteiger partial charge on any atom is 0.231 e. The number of ether oxygens (including phenoxy) is 3. The molecule has 8 heteroatoms. The molecule has 0 unspecified atom stereocenters. The van der Waals surface area contributed by atoms with E-state index in [0.29, 0.717) is 40.3 Å². The van der Waals surface area contributed by atoms with E-state index in [2.05, 4.69) is 4.98 Å². The number of pyridine rings is 2. The van der Waals surface area contributed by atoms with Crippen LogP contribution < -0.4 is 19.9 Å². The summed E-state index contributed by atoms with van der Waals surface area (Å²) in [6.07, 6.45) is 3.49. The molecule has 0 saturated carbocycles. The molecule has 1 aliphatic heterocycles. The van der Waals surface area contributed by atoms with Crippen molar-refractivity contribution in [2.24, 2.45) is 0 Å². The second kappa shape index (κ2) is 7.30. The van der Waals surface area contributed by atoms with Gasteiger partial charge in [0.1, 0.15) is 0 Å². The molecule has 1 aliphatic rings. The molecule has 6 rings (SSSR count). The molecule has 33 heavy (non-hydrogen) atoms. The van der Waals surface area contributed by atoms with E-state index in [1.165, 1.54) is 0 Å². The van der Waals surface area contributed by atoms with Gasteiger partial charge in [-0.25, -0.2) is 9.97 Å². The van der Waals surface area contributed by atoms with Crippen molar-refractivity contribution in [3.05, 3.63) is 66.5 Å². The van der Waals surface area contributed by atoms with Crippen molar-refractivity contribution in [3.8, 4) is 34.4 Å². The zero-order chi connectivity index (χ0) is 22.5. The van der Waals surface area contributed by atoms with E-state index in [-0.39, 0.29) is 12.7 Å². The van der Waals surface area contributed by atoms with E-state index in [0.717, 1.165) is 27.8 Å². The zero-order valence-electron chi connectivity index (χ0n) is 17.8. The van der Waals surface area contributed by atoms with Gasteiger partial charge >= 0.3 is 0 Å². The van der Waals surface area contributed by atoms with E-state index >= 15 is 0 Å². The number of anilines is 1. The van der Waals surface area contributed by atoms with Crippen LogP contribution in [0.15, 0.2) is 60.9 Å². The first-order valence-electron chi connectivity index (χ1n) is 10.4.